The van der Waals surface area contributed by atoms with Crippen LogP contribution in [0.5, 0.6) is 0 Å². The maximum Gasteiger partial charge on any atom is 0.297 e. The van der Waals surface area contributed by atoms with Gasteiger partial charge in [-0.2, -0.15) is 0 Å². The molecule has 0 bridgehead atoms. The second kappa shape index (κ2) is 5.52. The summed E-state index contributed by atoms with van der Waals surface area (Å²) in [6.45, 7) is 4.50. The molecular weight excluding hydrogens is 322 g/mol. The van der Waals surface area contributed by atoms with Gasteiger partial charge in [0.25, 0.3) is 5.91 Å². The van der Waals surface area contributed by atoms with E-state index in [0.29, 0.717) is 6.54 Å². The number of benzene rings is 1. The highest BCUT2D eigenvalue weighted by molar-refractivity contribution is 7.09. The molecule has 1 aliphatic rings. The molecule has 0 radical (unpaired) electrons. The van der Waals surface area contributed by atoms with Gasteiger partial charge >= 0.3 is 0 Å². The van der Waals surface area contributed by atoms with E-state index in [1.165, 1.54) is 5.56 Å². The van der Waals surface area contributed by atoms with Gasteiger partial charge in [0.1, 0.15) is 5.82 Å². The fraction of sp³-hybridized carbons (Fsp3) is 0.294. The van der Waals surface area contributed by atoms with Crippen LogP contribution >= 0.6 is 11.3 Å². The molecule has 0 atom stereocenters. The van der Waals surface area contributed by atoms with E-state index in [1.54, 1.807) is 28.0 Å². The van der Waals surface area contributed by atoms with E-state index in [-0.39, 0.29) is 11.7 Å². The van der Waals surface area contributed by atoms with E-state index in [2.05, 4.69) is 26.5 Å². The van der Waals surface area contributed by atoms with Crippen LogP contribution in [-0.2, 0) is 13.5 Å². The fourth-order valence-corrected chi connectivity index (χ4v) is 3.56. The van der Waals surface area contributed by atoms with E-state index in [1.807, 2.05) is 26.0 Å². The Bertz CT molecular complexity index is 923. The number of hydrogen-bond donors (Lipinski definition) is 0. The molecule has 122 valence electrons. The summed E-state index contributed by atoms with van der Waals surface area (Å²) in [6, 6.07) is 6.16. The lowest BCUT2D eigenvalue weighted by molar-refractivity contribution is 0.0979. The summed E-state index contributed by atoms with van der Waals surface area (Å²) >= 11 is 1.64. The molecule has 1 aliphatic heterocycles. The number of rotatable bonds is 2. The van der Waals surface area contributed by atoms with Gasteiger partial charge in [-0.05, 0) is 38.0 Å². The smallest absolute Gasteiger partial charge is 0.297 e. The van der Waals surface area contributed by atoms with Gasteiger partial charge in [0.15, 0.2) is 0 Å². The van der Waals surface area contributed by atoms with Crippen molar-refractivity contribution in [2.45, 2.75) is 20.3 Å². The summed E-state index contributed by atoms with van der Waals surface area (Å²) in [6.07, 6.45) is 0.837. The third-order valence-electron chi connectivity index (χ3n) is 4.31. The Morgan fingerprint density at radius 3 is 2.75 bits per heavy atom. The first-order valence-electron chi connectivity index (χ1n) is 7.78. The molecule has 3 heterocycles. The van der Waals surface area contributed by atoms with Crippen molar-refractivity contribution in [3.8, 4) is 11.3 Å². The average Bonchev–Trinajstić information content (AvgIpc) is 3.26. The minimum Gasteiger partial charge on any atom is -0.305 e. The van der Waals surface area contributed by atoms with E-state index >= 15 is 0 Å². The molecule has 24 heavy (non-hydrogen) atoms. The van der Waals surface area contributed by atoms with Crippen molar-refractivity contribution in [2.24, 2.45) is 7.05 Å². The lowest BCUT2D eigenvalue weighted by Crippen LogP contribution is -2.30. The van der Waals surface area contributed by atoms with Crippen LogP contribution in [0.4, 0.5) is 5.69 Å². The summed E-state index contributed by atoms with van der Waals surface area (Å²) in [5.74, 6) is 0.837. The number of fused-ring (bicyclic) bond motifs is 1. The molecular formula is C17H17N5OS. The second-order valence-corrected chi connectivity index (χ2v) is 6.97. The van der Waals surface area contributed by atoms with Crippen molar-refractivity contribution in [3.63, 3.8) is 0 Å². The van der Waals surface area contributed by atoms with Crippen LogP contribution in [0.25, 0.3) is 11.3 Å². The Labute approximate surface area is 143 Å². The van der Waals surface area contributed by atoms with Crippen LogP contribution in [-0.4, -0.2) is 32.2 Å². The molecule has 1 amide bonds. The van der Waals surface area contributed by atoms with Crippen molar-refractivity contribution in [1.29, 1.82) is 0 Å². The van der Waals surface area contributed by atoms with Crippen LogP contribution in [0, 0.1) is 13.8 Å². The zero-order chi connectivity index (χ0) is 16.8. The minimum atomic E-state index is -0.144. The van der Waals surface area contributed by atoms with Crippen LogP contribution in [0.3, 0.4) is 0 Å². The topological polar surface area (TPSA) is 63.9 Å². The average molecular weight is 339 g/mol. The fourth-order valence-electron chi connectivity index (χ4n) is 2.94. The number of nitrogens with zero attached hydrogens (tertiary/aromatic N) is 5. The van der Waals surface area contributed by atoms with E-state index < -0.39 is 0 Å². The second-order valence-electron chi connectivity index (χ2n) is 5.91. The molecule has 3 aromatic rings. The molecule has 0 unspecified atom stereocenters. The Kier molecular flexibility index (Phi) is 3.45. The molecule has 2 aromatic heterocycles. The Morgan fingerprint density at radius 2 is 2.08 bits per heavy atom. The van der Waals surface area contributed by atoms with Gasteiger partial charge in [-0.1, -0.05) is 6.07 Å². The van der Waals surface area contributed by atoms with E-state index in [9.17, 15) is 4.79 Å². The van der Waals surface area contributed by atoms with Gasteiger partial charge in [-0.3, -0.25) is 9.48 Å². The summed E-state index contributed by atoms with van der Waals surface area (Å²) < 4.78 is 1.62. The minimum absolute atomic E-state index is 0.144. The summed E-state index contributed by atoms with van der Waals surface area (Å²) in [5, 5.41) is 7.32. The van der Waals surface area contributed by atoms with Crippen molar-refractivity contribution in [2.75, 3.05) is 11.4 Å². The van der Waals surface area contributed by atoms with Gasteiger partial charge in [0.05, 0.1) is 10.7 Å². The standard InChI is InChI=1S/C17H17N5OS/c1-10-18-16(20-21(10)3)17(23)22-7-6-13-8-12(4-5-15(13)22)14-9-24-11(2)19-14/h4-5,8-9H,6-7H2,1-3H3. The van der Waals surface area contributed by atoms with Crippen LogP contribution in [0.15, 0.2) is 23.6 Å². The quantitative estimate of drug-likeness (QED) is 0.720. The molecule has 0 saturated carbocycles. The number of aryl methyl sites for hydroxylation is 3. The largest absolute Gasteiger partial charge is 0.305 e. The third kappa shape index (κ3) is 2.41. The lowest BCUT2D eigenvalue weighted by atomic mass is 10.1. The Hall–Kier alpha value is -2.54. The Morgan fingerprint density at radius 1 is 1.25 bits per heavy atom. The highest BCUT2D eigenvalue weighted by Crippen LogP contribution is 2.33. The normalized spacial score (nSPS) is 13.4. The highest BCUT2D eigenvalue weighted by atomic mass is 32.1. The van der Waals surface area contributed by atoms with Crippen molar-refractivity contribution >= 4 is 22.9 Å². The summed E-state index contributed by atoms with van der Waals surface area (Å²) in [7, 11) is 1.79. The molecule has 0 fully saturated rings. The molecule has 1 aromatic carbocycles. The van der Waals surface area contributed by atoms with Gasteiger partial charge < -0.3 is 4.90 Å². The molecule has 6 nitrogen and oxygen atoms in total. The van der Waals surface area contributed by atoms with Gasteiger partial charge in [0.2, 0.25) is 5.82 Å². The highest BCUT2D eigenvalue weighted by Gasteiger charge is 2.28. The predicted octanol–water partition coefficient (Wildman–Crippen LogP) is 2.76. The summed E-state index contributed by atoms with van der Waals surface area (Å²) in [5.41, 5.74) is 4.20. The first kappa shape index (κ1) is 15.0. The molecule has 4 rings (SSSR count). The van der Waals surface area contributed by atoms with Crippen LogP contribution in [0.1, 0.15) is 27.0 Å². The van der Waals surface area contributed by atoms with Crippen molar-refractivity contribution in [3.05, 3.63) is 45.8 Å². The number of aromatic nitrogens is 4. The monoisotopic (exact) mass is 339 g/mol. The maximum absolute atomic E-state index is 12.7. The number of carbonyl (C=O) groups excluding carboxylic acids is 1. The van der Waals surface area contributed by atoms with Gasteiger partial charge in [-0.25, -0.2) is 9.97 Å². The van der Waals surface area contributed by atoms with Crippen LogP contribution < -0.4 is 4.90 Å². The number of hydrogen-bond acceptors (Lipinski definition) is 5. The van der Waals surface area contributed by atoms with E-state index in [4.69, 9.17) is 0 Å². The molecule has 0 saturated heterocycles. The third-order valence-corrected chi connectivity index (χ3v) is 5.08. The Balaban J connectivity index is 1.66. The van der Waals surface area contributed by atoms with E-state index in [0.717, 1.165) is 34.2 Å². The van der Waals surface area contributed by atoms with Crippen molar-refractivity contribution in [1.82, 2.24) is 19.7 Å². The van der Waals surface area contributed by atoms with Crippen molar-refractivity contribution < 1.29 is 4.79 Å². The maximum atomic E-state index is 12.7. The molecule has 7 heteroatoms. The first-order valence-corrected chi connectivity index (χ1v) is 8.66. The zero-order valence-corrected chi connectivity index (χ0v) is 14.6. The number of carbonyl (C=O) groups is 1. The summed E-state index contributed by atoms with van der Waals surface area (Å²) in [4.78, 5) is 23.3. The molecule has 0 spiro atoms. The number of thiazole rings is 1. The molecule has 0 N–H and O–H groups in total. The SMILES string of the molecule is Cc1nc(-c2ccc3c(c2)CCN3C(=O)c2nc(C)n(C)n2)cs1. The number of anilines is 1. The van der Waals surface area contributed by atoms with Gasteiger partial charge in [0, 0.05) is 30.2 Å². The first-order chi connectivity index (χ1) is 11.5. The lowest BCUT2D eigenvalue weighted by Gasteiger charge is -2.15. The van der Waals surface area contributed by atoms with Gasteiger partial charge in [-0.15, -0.1) is 16.4 Å². The van der Waals surface area contributed by atoms with Crippen LogP contribution in [0.2, 0.25) is 0 Å². The number of amides is 1. The predicted molar refractivity (Wildman–Crippen MR) is 93.4 cm³/mol. The zero-order valence-electron chi connectivity index (χ0n) is 13.8. The molecule has 0 aliphatic carbocycles.